The Morgan fingerprint density at radius 3 is 2.58 bits per heavy atom. The Morgan fingerprint density at radius 2 is 1.88 bits per heavy atom. The Kier molecular flexibility index (Phi) is 6.90. The zero-order valence-electron chi connectivity index (χ0n) is 18.1. The van der Waals surface area contributed by atoms with Crippen LogP contribution < -0.4 is 10.1 Å². The van der Waals surface area contributed by atoms with E-state index in [4.69, 9.17) is 14.2 Å². The van der Waals surface area contributed by atoms with Crippen LogP contribution in [0.1, 0.15) is 29.9 Å². The highest BCUT2D eigenvalue weighted by molar-refractivity contribution is 6.02. The molecule has 0 atom stereocenters. The van der Waals surface area contributed by atoms with Gasteiger partial charge in [-0.1, -0.05) is 12.1 Å². The van der Waals surface area contributed by atoms with E-state index >= 15 is 0 Å². The molecule has 1 saturated carbocycles. The molecular weight excluding hydrogens is 437 g/mol. The van der Waals surface area contributed by atoms with E-state index in [0.29, 0.717) is 24.7 Å². The molecule has 1 aliphatic rings. The van der Waals surface area contributed by atoms with Gasteiger partial charge in [-0.2, -0.15) is 13.2 Å². The normalized spacial score (nSPS) is 18.2. The van der Waals surface area contributed by atoms with E-state index in [9.17, 15) is 18.0 Å². The van der Waals surface area contributed by atoms with E-state index in [1.165, 1.54) is 0 Å². The van der Waals surface area contributed by atoms with E-state index in [1.54, 1.807) is 25.4 Å². The SMILES string of the molecule is COCCOCC(=O)Nc1c[nH]c2ccc(O[C@H]3C[C@@H](c4ccc(C(F)(F)F)cc4)C3)cc12. The summed E-state index contributed by atoms with van der Waals surface area (Å²) in [6.07, 6.45) is -1.15. The van der Waals surface area contributed by atoms with Gasteiger partial charge in [-0.05, 0) is 54.7 Å². The summed E-state index contributed by atoms with van der Waals surface area (Å²) >= 11 is 0. The second-order valence-electron chi connectivity index (χ2n) is 8.03. The van der Waals surface area contributed by atoms with E-state index in [-0.39, 0.29) is 24.5 Å². The minimum Gasteiger partial charge on any atom is -0.490 e. The molecule has 1 amide bonds. The summed E-state index contributed by atoms with van der Waals surface area (Å²) in [5.74, 6) is 0.586. The van der Waals surface area contributed by atoms with Crippen molar-refractivity contribution in [2.45, 2.75) is 31.0 Å². The number of hydrogen-bond acceptors (Lipinski definition) is 4. The second kappa shape index (κ2) is 9.84. The third-order valence-electron chi connectivity index (χ3n) is 5.70. The van der Waals surface area contributed by atoms with Crippen LogP contribution in [-0.4, -0.2) is 43.9 Å². The van der Waals surface area contributed by atoms with Crippen LogP contribution in [0.15, 0.2) is 48.7 Å². The Labute approximate surface area is 189 Å². The molecule has 0 unspecified atom stereocenters. The summed E-state index contributed by atoms with van der Waals surface area (Å²) < 4.78 is 54.4. The number of alkyl halides is 3. The molecule has 3 aromatic rings. The number of anilines is 1. The van der Waals surface area contributed by atoms with Crippen molar-refractivity contribution < 1.29 is 32.2 Å². The van der Waals surface area contributed by atoms with Crippen molar-refractivity contribution in [3.8, 4) is 5.75 Å². The average Bonchev–Trinajstić information content (AvgIpc) is 3.15. The first kappa shape index (κ1) is 23.1. The van der Waals surface area contributed by atoms with Crippen molar-refractivity contribution in [1.29, 1.82) is 0 Å². The molecule has 176 valence electrons. The first-order valence-electron chi connectivity index (χ1n) is 10.6. The molecule has 4 rings (SSSR count). The van der Waals surface area contributed by atoms with E-state index in [0.717, 1.165) is 41.4 Å². The van der Waals surface area contributed by atoms with Crippen LogP contribution in [0.2, 0.25) is 0 Å². The topological polar surface area (TPSA) is 72.6 Å². The number of nitrogens with one attached hydrogen (secondary N) is 2. The molecule has 0 spiro atoms. The largest absolute Gasteiger partial charge is 0.490 e. The smallest absolute Gasteiger partial charge is 0.416 e. The third kappa shape index (κ3) is 5.66. The molecule has 2 aromatic carbocycles. The van der Waals surface area contributed by atoms with E-state index in [2.05, 4.69) is 10.3 Å². The van der Waals surface area contributed by atoms with Crippen molar-refractivity contribution in [3.05, 3.63) is 59.8 Å². The lowest BCUT2D eigenvalue weighted by Crippen LogP contribution is -2.32. The van der Waals surface area contributed by atoms with Crippen LogP contribution in [0.3, 0.4) is 0 Å². The number of halogens is 3. The maximum absolute atomic E-state index is 12.7. The molecule has 1 aliphatic carbocycles. The summed E-state index contributed by atoms with van der Waals surface area (Å²) in [7, 11) is 1.56. The highest BCUT2D eigenvalue weighted by atomic mass is 19.4. The van der Waals surface area contributed by atoms with Crippen molar-refractivity contribution in [3.63, 3.8) is 0 Å². The van der Waals surface area contributed by atoms with Crippen LogP contribution in [0, 0.1) is 0 Å². The Balaban J connectivity index is 1.32. The van der Waals surface area contributed by atoms with Crippen molar-refractivity contribution in [2.24, 2.45) is 0 Å². The van der Waals surface area contributed by atoms with Gasteiger partial charge in [-0.25, -0.2) is 0 Å². The Hall–Kier alpha value is -3.04. The quantitative estimate of drug-likeness (QED) is 0.434. The number of aromatic nitrogens is 1. The molecule has 0 aliphatic heterocycles. The lowest BCUT2D eigenvalue weighted by atomic mass is 9.77. The molecule has 0 radical (unpaired) electrons. The predicted octanol–water partition coefficient (Wildman–Crippen LogP) is 5.11. The minimum absolute atomic E-state index is 0.0130. The van der Waals surface area contributed by atoms with Crippen LogP contribution >= 0.6 is 0 Å². The van der Waals surface area contributed by atoms with Gasteiger partial charge in [0.1, 0.15) is 12.4 Å². The Bertz CT molecular complexity index is 1090. The summed E-state index contributed by atoms with van der Waals surface area (Å²) in [4.78, 5) is 15.2. The number of carbonyl (C=O) groups excluding carboxylic acids is 1. The van der Waals surface area contributed by atoms with Gasteiger partial charge in [0.05, 0.1) is 30.6 Å². The highest BCUT2D eigenvalue weighted by Crippen LogP contribution is 2.40. The van der Waals surface area contributed by atoms with Crippen molar-refractivity contribution in [1.82, 2.24) is 4.98 Å². The number of carbonyl (C=O) groups is 1. The van der Waals surface area contributed by atoms with Gasteiger partial charge in [0.2, 0.25) is 5.91 Å². The van der Waals surface area contributed by atoms with Crippen molar-refractivity contribution in [2.75, 3.05) is 32.2 Å². The fourth-order valence-corrected chi connectivity index (χ4v) is 3.84. The van der Waals surface area contributed by atoms with Gasteiger partial charge < -0.3 is 24.5 Å². The first-order valence-corrected chi connectivity index (χ1v) is 10.6. The van der Waals surface area contributed by atoms with E-state index < -0.39 is 11.7 Å². The maximum Gasteiger partial charge on any atom is 0.416 e. The number of hydrogen-bond donors (Lipinski definition) is 2. The number of fused-ring (bicyclic) bond motifs is 1. The molecular formula is C24H25F3N2O4. The van der Waals surface area contributed by atoms with Crippen LogP contribution in [-0.2, 0) is 20.4 Å². The lowest BCUT2D eigenvalue weighted by Gasteiger charge is -2.35. The number of ether oxygens (including phenoxy) is 3. The number of benzene rings is 2. The molecule has 2 N–H and O–H groups in total. The molecule has 33 heavy (non-hydrogen) atoms. The molecule has 1 heterocycles. The summed E-state index contributed by atoms with van der Waals surface area (Å²) in [6, 6.07) is 10.9. The van der Waals surface area contributed by atoms with Crippen LogP contribution in [0.25, 0.3) is 10.9 Å². The monoisotopic (exact) mass is 462 g/mol. The molecule has 0 bridgehead atoms. The summed E-state index contributed by atoms with van der Waals surface area (Å²) in [5.41, 5.74) is 1.74. The maximum atomic E-state index is 12.7. The first-order chi connectivity index (χ1) is 15.8. The second-order valence-corrected chi connectivity index (χ2v) is 8.03. The number of amides is 1. The molecule has 1 fully saturated rings. The zero-order chi connectivity index (χ0) is 23.4. The molecule has 9 heteroatoms. The highest BCUT2D eigenvalue weighted by Gasteiger charge is 2.34. The average molecular weight is 462 g/mol. The standard InChI is InChI=1S/C24H25F3N2O4/c1-31-8-9-32-14-23(30)29-22-13-28-21-7-6-18(12-20(21)22)33-19-10-16(11-19)15-2-4-17(5-3-15)24(25,26)27/h2-7,12-13,16,19,28H,8-11,14H2,1H3,(H,29,30)/t16-,19+. The Morgan fingerprint density at radius 1 is 1.12 bits per heavy atom. The number of rotatable bonds is 9. The zero-order valence-corrected chi connectivity index (χ0v) is 18.1. The van der Waals surface area contributed by atoms with Gasteiger partial charge >= 0.3 is 6.18 Å². The van der Waals surface area contributed by atoms with Gasteiger partial charge in [0.25, 0.3) is 0 Å². The van der Waals surface area contributed by atoms with Gasteiger partial charge in [0.15, 0.2) is 0 Å². The molecule has 1 aromatic heterocycles. The number of aromatic amines is 1. The number of methoxy groups -OCH3 is 1. The minimum atomic E-state index is -4.32. The fourth-order valence-electron chi connectivity index (χ4n) is 3.84. The van der Waals surface area contributed by atoms with Crippen LogP contribution in [0.5, 0.6) is 5.75 Å². The fraction of sp³-hybridized carbons (Fsp3) is 0.375. The summed E-state index contributed by atoms with van der Waals surface area (Å²) in [6.45, 7) is 0.687. The third-order valence-corrected chi connectivity index (χ3v) is 5.70. The van der Waals surface area contributed by atoms with Crippen LogP contribution in [0.4, 0.5) is 18.9 Å². The molecule has 0 saturated heterocycles. The lowest BCUT2D eigenvalue weighted by molar-refractivity contribution is -0.137. The predicted molar refractivity (Wildman–Crippen MR) is 117 cm³/mol. The van der Waals surface area contributed by atoms with Gasteiger partial charge in [-0.15, -0.1) is 0 Å². The van der Waals surface area contributed by atoms with E-state index in [1.807, 2.05) is 18.2 Å². The van der Waals surface area contributed by atoms with Gasteiger partial charge in [0, 0.05) is 24.2 Å². The van der Waals surface area contributed by atoms with Crippen molar-refractivity contribution >= 4 is 22.5 Å². The van der Waals surface area contributed by atoms with Gasteiger partial charge in [-0.3, -0.25) is 4.79 Å². The molecule has 6 nitrogen and oxygen atoms in total. The summed E-state index contributed by atoms with van der Waals surface area (Å²) in [5, 5.41) is 3.64. The number of H-pyrrole nitrogens is 1.